The Labute approximate surface area is 111 Å². The number of rotatable bonds is 6. The monoisotopic (exact) mass is 267 g/mol. The molecule has 0 fully saturated rings. The first kappa shape index (κ1) is 15.1. The van der Waals surface area contributed by atoms with E-state index in [1.807, 2.05) is 0 Å². The predicted molar refractivity (Wildman–Crippen MR) is 69.2 cm³/mol. The van der Waals surface area contributed by atoms with E-state index in [4.69, 9.17) is 5.11 Å². The molecule has 1 unspecified atom stereocenters. The van der Waals surface area contributed by atoms with E-state index in [-0.39, 0.29) is 30.6 Å². The van der Waals surface area contributed by atoms with Gasteiger partial charge in [-0.15, -0.1) is 0 Å². The van der Waals surface area contributed by atoms with Gasteiger partial charge >= 0.3 is 5.97 Å². The van der Waals surface area contributed by atoms with Crippen LogP contribution in [0.4, 0.5) is 4.39 Å². The van der Waals surface area contributed by atoms with Gasteiger partial charge < -0.3 is 10.0 Å². The number of benzene rings is 1. The van der Waals surface area contributed by atoms with Gasteiger partial charge in [-0.2, -0.15) is 0 Å². The average molecular weight is 267 g/mol. The zero-order valence-corrected chi connectivity index (χ0v) is 11.1. The fraction of sp³-hybridized carbons (Fsp3) is 0.429. The lowest BCUT2D eigenvalue weighted by atomic mass is 9.99. The van der Waals surface area contributed by atoms with Gasteiger partial charge in [0, 0.05) is 19.5 Å². The summed E-state index contributed by atoms with van der Waals surface area (Å²) in [7, 11) is 1.56. The molecular formula is C14H18FNO3. The maximum atomic E-state index is 13.5. The van der Waals surface area contributed by atoms with Crippen LogP contribution < -0.4 is 0 Å². The number of hydrogen-bond acceptors (Lipinski definition) is 2. The summed E-state index contributed by atoms with van der Waals surface area (Å²) in [5, 5.41) is 8.57. The van der Waals surface area contributed by atoms with E-state index < -0.39 is 5.97 Å². The minimum atomic E-state index is -0.943. The van der Waals surface area contributed by atoms with Gasteiger partial charge in [-0.3, -0.25) is 9.59 Å². The van der Waals surface area contributed by atoms with E-state index in [1.54, 1.807) is 32.2 Å². The first-order chi connectivity index (χ1) is 8.91. The summed E-state index contributed by atoms with van der Waals surface area (Å²) in [5.74, 6) is -1.82. The highest BCUT2D eigenvalue weighted by Crippen LogP contribution is 2.14. The third-order valence-corrected chi connectivity index (χ3v) is 2.94. The lowest BCUT2D eigenvalue weighted by molar-refractivity contribution is -0.139. The Morgan fingerprint density at radius 2 is 2.00 bits per heavy atom. The minimum absolute atomic E-state index is 0.0886. The van der Waals surface area contributed by atoms with Gasteiger partial charge in [-0.25, -0.2) is 4.39 Å². The molecule has 0 radical (unpaired) electrons. The van der Waals surface area contributed by atoms with Gasteiger partial charge in [0.1, 0.15) is 5.82 Å². The van der Waals surface area contributed by atoms with Crippen LogP contribution >= 0.6 is 0 Å². The molecule has 1 amide bonds. The first-order valence-corrected chi connectivity index (χ1v) is 6.12. The average Bonchev–Trinajstić information content (AvgIpc) is 2.37. The van der Waals surface area contributed by atoms with Crippen molar-refractivity contribution in [2.45, 2.75) is 19.8 Å². The normalized spacial score (nSPS) is 11.9. The highest BCUT2D eigenvalue weighted by atomic mass is 19.1. The molecule has 1 aromatic rings. The molecule has 0 aromatic heterocycles. The summed E-state index contributed by atoms with van der Waals surface area (Å²) in [4.78, 5) is 23.8. The van der Waals surface area contributed by atoms with Crippen molar-refractivity contribution in [1.82, 2.24) is 4.90 Å². The molecule has 5 heteroatoms. The third-order valence-electron chi connectivity index (χ3n) is 2.94. The molecule has 4 nitrogen and oxygen atoms in total. The standard InChI is InChI=1S/C14H18FNO3/c1-10(9-11-5-3-4-6-12(11)15)14(19)16(2)8-7-13(17)18/h3-6,10H,7-9H2,1-2H3,(H,17,18). The highest BCUT2D eigenvalue weighted by Gasteiger charge is 2.19. The molecule has 0 heterocycles. The molecule has 1 atom stereocenters. The van der Waals surface area contributed by atoms with Crippen molar-refractivity contribution in [3.05, 3.63) is 35.6 Å². The molecule has 0 aliphatic heterocycles. The number of carboxylic acid groups (broad SMARTS) is 1. The second kappa shape index (κ2) is 6.87. The molecule has 0 bridgehead atoms. The van der Waals surface area contributed by atoms with Crippen molar-refractivity contribution >= 4 is 11.9 Å². The molecule has 0 aliphatic rings. The number of aliphatic carboxylic acids is 1. The lowest BCUT2D eigenvalue weighted by Crippen LogP contribution is -2.34. The van der Waals surface area contributed by atoms with Crippen LogP contribution in [0.3, 0.4) is 0 Å². The zero-order valence-electron chi connectivity index (χ0n) is 11.1. The molecule has 0 spiro atoms. The summed E-state index contributed by atoms with van der Waals surface area (Å²) in [6, 6.07) is 6.34. The van der Waals surface area contributed by atoms with Gasteiger partial charge in [0.05, 0.1) is 6.42 Å². The Morgan fingerprint density at radius 3 is 2.58 bits per heavy atom. The number of nitrogens with zero attached hydrogens (tertiary/aromatic N) is 1. The number of hydrogen-bond donors (Lipinski definition) is 1. The van der Waals surface area contributed by atoms with E-state index in [1.165, 1.54) is 11.0 Å². The van der Waals surface area contributed by atoms with E-state index in [2.05, 4.69) is 0 Å². The van der Waals surface area contributed by atoms with E-state index in [0.717, 1.165) is 0 Å². The van der Waals surface area contributed by atoms with Crippen LogP contribution in [0, 0.1) is 11.7 Å². The van der Waals surface area contributed by atoms with Gasteiger partial charge in [0.15, 0.2) is 0 Å². The Balaban J connectivity index is 2.57. The Bertz CT molecular complexity index is 462. The molecule has 1 N–H and O–H groups in total. The van der Waals surface area contributed by atoms with Crippen molar-refractivity contribution in [3.63, 3.8) is 0 Å². The third kappa shape index (κ3) is 4.69. The second-order valence-electron chi connectivity index (χ2n) is 4.60. The number of carbonyl (C=O) groups is 2. The van der Waals surface area contributed by atoms with E-state index in [0.29, 0.717) is 12.0 Å². The SMILES string of the molecule is CC(Cc1ccccc1F)C(=O)N(C)CCC(=O)O. The maximum absolute atomic E-state index is 13.5. The van der Waals surface area contributed by atoms with Crippen LogP contribution in [0.1, 0.15) is 18.9 Å². The Hall–Kier alpha value is -1.91. The fourth-order valence-corrected chi connectivity index (χ4v) is 1.83. The highest BCUT2D eigenvalue weighted by molar-refractivity contribution is 5.79. The van der Waals surface area contributed by atoms with Crippen LogP contribution in [0.2, 0.25) is 0 Å². The van der Waals surface area contributed by atoms with Gasteiger partial charge in [-0.05, 0) is 18.1 Å². The Kier molecular flexibility index (Phi) is 5.48. The van der Waals surface area contributed by atoms with Crippen LogP contribution in [0.25, 0.3) is 0 Å². The smallest absolute Gasteiger partial charge is 0.305 e. The lowest BCUT2D eigenvalue weighted by Gasteiger charge is -2.20. The number of halogens is 1. The van der Waals surface area contributed by atoms with Crippen LogP contribution in [-0.4, -0.2) is 35.5 Å². The maximum Gasteiger partial charge on any atom is 0.305 e. The zero-order chi connectivity index (χ0) is 14.4. The van der Waals surface area contributed by atoms with Crippen molar-refractivity contribution in [2.75, 3.05) is 13.6 Å². The molecule has 1 aromatic carbocycles. The van der Waals surface area contributed by atoms with Crippen molar-refractivity contribution < 1.29 is 19.1 Å². The van der Waals surface area contributed by atoms with Crippen molar-refractivity contribution in [1.29, 1.82) is 0 Å². The van der Waals surface area contributed by atoms with Crippen LogP contribution in [-0.2, 0) is 16.0 Å². The Morgan fingerprint density at radius 1 is 1.37 bits per heavy atom. The van der Waals surface area contributed by atoms with Crippen LogP contribution in [0.15, 0.2) is 24.3 Å². The van der Waals surface area contributed by atoms with Crippen LogP contribution in [0.5, 0.6) is 0 Å². The second-order valence-corrected chi connectivity index (χ2v) is 4.60. The number of amides is 1. The molecule has 0 saturated carbocycles. The molecule has 1 rings (SSSR count). The van der Waals surface area contributed by atoms with Gasteiger partial charge in [0.2, 0.25) is 5.91 Å². The number of carboxylic acids is 1. The van der Waals surface area contributed by atoms with E-state index >= 15 is 0 Å². The first-order valence-electron chi connectivity index (χ1n) is 6.12. The summed E-state index contributed by atoms with van der Waals surface area (Å²) >= 11 is 0. The predicted octanol–water partition coefficient (Wildman–Crippen LogP) is 1.94. The largest absolute Gasteiger partial charge is 0.481 e. The molecule has 0 aliphatic carbocycles. The fourth-order valence-electron chi connectivity index (χ4n) is 1.83. The van der Waals surface area contributed by atoms with Gasteiger partial charge in [-0.1, -0.05) is 25.1 Å². The molecule has 104 valence electrons. The summed E-state index contributed by atoms with van der Waals surface area (Å²) in [6.07, 6.45) is 0.220. The van der Waals surface area contributed by atoms with Crippen molar-refractivity contribution in [3.8, 4) is 0 Å². The van der Waals surface area contributed by atoms with E-state index in [9.17, 15) is 14.0 Å². The summed E-state index contributed by atoms with van der Waals surface area (Å²) in [5.41, 5.74) is 0.495. The number of carbonyl (C=O) groups excluding carboxylic acids is 1. The molecule has 19 heavy (non-hydrogen) atoms. The van der Waals surface area contributed by atoms with Gasteiger partial charge in [0.25, 0.3) is 0 Å². The topological polar surface area (TPSA) is 57.6 Å². The molecule has 0 saturated heterocycles. The summed E-state index contributed by atoms with van der Waals surface area (Å²) in [6.45, 7) is 1.88. The molecular weight excluding hydrogens is 249 g/mol. The van der Waals surface area contributed by atoms with Crippen molar-refractivity contribution in [2.24, 2.45) is 5.92 Å². The minimum Gasteiger partial charge on any atom is -0.481 e. The quantitative estimate of drug-likeness (QED) is 0.857. The summed E-state index contributed by atoms with van der Waals surface area (Å²) < 4.78 is 13.5.